The molecule has 2 aliphatic heterocycles. The molecule has 2 heterocycles. The van der Waals surface area contributed by atoms with Crippen LogP contribution in [0.5, 0.6) is 11.5 Å². The van der Waals surface area contributed by atoms with Crippen LogP contribution < -0.4 is 26.0 Å². The first-order chi connectivity index (χ1) is 36.9. The summed E-state index contributed by atoms with van der Waals surface area (Å²) in [5.41, 5.74) is 22.3. The molecular weight excluding hydrogens is 906 g/mol. The number of rotatable bonds is 7. The fourth-order valence-corrected chi connectivity index (χ4v) is 12.2. The van der Waals surface area contributed by atoms with Gasteiger partial charge in [-0.05, 0) is 129 Å². The highest BCUT2D eigenvalue weighted by Crippen LogP contribution is 2.52. The van der Waals surface area contributed by atoms with Crippen molar-refractivity contribution in [2.24, 2.45) is 0 Å². The normalized spacial score (nSPS) is 12.5. The molecule has 354 valence electrons. The monoisotopic (exact) mass is 957 g/mol. The first-order valence-corrected chi connectivity index (χ1v) is 26.2. The zero-order valence-corrected chi connectivity index (χ0v) is 42.3. The van der Waals surface area contributed by atoms with Crippen LogP contribution in [0.25, 0.3) is 88.3 Å². The number of fused-ring (bicyclic) bond motifs is 6. The molecule has 2 aliphatic rings. The number of para-hydroxylation sites is 1. The Balaban J connectivity index is 1.10. The summed E-state index contributed by atoms with van der Waals surface area (Å²) < 4.78 is 7.23. The van der Waals surface area contributed by atoms with Gasteiger partial charge in [-0.3, -0.25) is 0 Å². The predicted octanol–water partition coefficient (Wildman–Crippen LogP) is 17.7. The Morgan fingerprint density at radius 2 is 0.813 bits per heavy atom. The molecule has 2 nitrogen and oxygen atoms in total. The highest BCUT2D eigenvalue weighted by Gasteiger charge is 2.44. The number of benzene rings is 12. The van der Waals surface area contributed by atoms with E-state index in [1.54, 1.807) is 0 Å². The lowest BCUT2D eigenvalue weighted by molar-refractivity contribution is 0.483. The number of ether oxygens (including phenoxy) is 1. The maximum Gasteiger partial charge on any atom is 0.256 e. The molecule has 0 saturated carbocycles. The first-order valence-electron chi connectivity index (χ1n) is 26.2. The lowest BCUT2D eigenvalue weighted by Crippen LogP contribution is -2.59. The number of hydrogen-bond acceptors (Lipinski definition) is 2. The molecular formula is C72H52BNO. The molecule has 0 fully saturated rings. The summed E-state index contributed by atoms with van der Waals surface area (Å²) in [4.78, 5) is 2.61. The van der Waals surface area contributed by atoms with Crippen molar-refractivity contribution in [3.63, 3.8) is 0 Å². The van der Waals surface area contributed by atoms with Crippen LogP contribution in [0, 0.1) is 0 Å². The summed E-state index contributed by atoms with van der Waals surface area (Å²) in [6.45, 7) is 6.82. The van der Waals surface area contributed by atoms with Gasteiger partial charge in [0.05, 0.1) is 5.69 Å². The van der Waals surface area contributed by atoms with E-state index < -0.39 is 0 Å². The third-order valence-corrected chi connectivity index (χ3v) is 15.7. The van der Waals surface area contributed by atoms with E-state index in [4.69, 9.17) is 4.74 Å². The van der Waals surface area contributed by atoms with Crippen LogP contribution in [-0.4, -0.2) is 6.71 Å². The Kier molecular flexibility index (Phi) is 10.6. The van der Waals surface area contributed by atoms with Crippen LogP contribution in [0.1, 0.15) is 26.3 Å². The summed E-state index contributed by atoms with van der Waals surface area (Å²) in [5.74, 6) is 1.80. The van der Waals surface area contributed by atoms with E-state index in [9.17, 15) is 0 Å². The fourth-order valence-electron chi connectivity index (χ4n) is 12.2. The molecule has 0 saturated heterocycles. The molecule has 3 heteroatoms. The smallest absolute Gasteiger partial charge is 0.256 e. The van der Waals surface area contributed by atoms with Crippen molar-refractivity contribution in [3.05, 3.63) is 266 Å². The fraction of sp³-hybridized carbons (Fsp3) is 0.0556. The van der Waals surface area contributed by atoms with Crippen molar-refractivity contribution >= 4 is 61.7 Å². The Labute approximate surface area is 439 Å². The third kappa shape index (κ3) is 7.41. The van der Waals surface area contributed by atoms with Gasteiger partial charge in [0.15, 0.2) is 0 Å². The molecule has 0 unspecified atom stereocenters. The van der Waals surface area contributed by atoms with Gasteiger partial charge in [-0.25, -0.2) is 0 Å². The molecule has 0 amide bonds. The number of hydrogen-bond donors (Lipinski definition) is 0. The van der Waals surface area contributed by atoms with Crippen LogP contribution in [0.4, 0.5) is 17.1 Å². The van der Waals surface area contributed by atoms with Crippen molar-refractivity contribution in [2.45, 2.75) is 26.2 Å². The van der Waals surface area contributed by atoms with Gasteiger partial charge < -0.3 is 9.64 Å². The number of anilines is 3. The van der Waals surface area contributed by atoms with Crippen molar-refractivity contribution < 1.29 is 4.74 Å². The van der Waals surface area contributed by atoms with Gasteiger partial charge in [0.2, 0.25) is 0 Å². The topological polar surface area (TPSA) is 12.5 Å². The lowest BCUT2D eigenvalue weighted by atomic mass is 9.34. The first kappa shape index (κ1) is 44.5. The minimum atomic E-state index is -0.185. The lowest BCUT2D eigenvalue weighted by Gasteiger charge is -2.42. The molecule has 0 spiro atoms. The van der Waals surface area contributed by atoms with E-state index >= 15 is 0 Å². The molecule has 0 aliphatic carbocycles. The highest BCUT2D eigenvalue weighted by molar-refractivity contribution is 6.99. The van der Waals surface area contributed by atoms with Gasteiger partial charge in [0, 0.05) is 22.5 Å². The zero-order valence-electron chi connectivity index (χ0n) is 42.3. The molecule has 0 N–H and O–H groups in total. The van der Waals surface area contributed by atoms with Crippen LogP contribution in [0.15, 0.2) is 261 Å². The van der Waals surface area contributed by atoms with E-state index in [0.29, 0.717) is 0 Å². The Bertz CT molecular complexity index is 4070. The predicted molar refractivity (Wildman–Crippen MR) is 319 cm³/mol. The average molecular weight is 958 g/mol. The Morgan fingerprint density at radius 3 is 1.39 bits per heavy atom. The van der Waals surface area contributed by atoms with Gasteiger partial charge in [-0.15, -0.1) is 0 Å². The molecule has 14 rings (SSSR count). The molecule has 0 bridgehead atoms. The van der Waals surface area contributed by atoms with Crippen molar-refractivity contribution in [3.8, 4) is 78.3 Å². The Morgan fingerprint density at radius 1 is 0.333 bits per heavy atom. The number of nitrogens with zero attached hydrogens (tertiary/aromatic N) is 1. The molecule has 0 aromatic heterocycles. The molecule has 12 aromatic carbocycles. The molecule has 75 heavy (non-hydrogen) atoms. The second-order valence-corrected chi connectivity index (χ2v) is 21.1. The van der Waals surface area contributed by atoms with Gasteiger partial charge >= 0.3 is 0 Å². The minimum absolute atomic E-state index is 0.119. The summed E-state index contributed by atoms with van der Waals surface area (Å²) in [6, 6.07) is 96.2. The average Bonchev–Trinajstić information content (AvgIpc) is 3.48. The van der Waals surface area contributed by atoms with Crippen molar-refractivity contribution in [1.29, 1.82) is 0 Å². The maximum atomic E-state index is 7.23. The third-order valence-electron chi connectivity index (χ3n) is 15.7. The van der Waals surface area contributed by atoms with Crippen molar-refractivity contribution in [2.75, 3.05) is 4.90 Å². The summed E-state index contributed by atoms with van der Waals surface area (Å²) in [7, 11) is 0. The molecule has 0 radical (unpaired) electrons. The van der Waals surface area contributed by atoms with E-state index in [1.165, 1.54) is 82.4 Å². The molecule has 0 atom stereocenters. The van der Waals surface area contributed by atoms with E-state index in [0.717, 1.165) is 56.4 Å². The largest absolute Gasteiger partial charge is 0.458 e. The molecule has 12 aromatic rings. The van der Waals surface area contributed by atoms with Gasteiger partial charge in [0.1, 0.15) is 11.5 Å². The van der Waals surface area contributed by atoms with E-state index in [2.05, 4.69) is 287 Å². The van der Waals surface area contributed by atoms with Crippen LogP contribution in [0.2, 0.25) is 0 Å². The van der Waals surface area contributed by atoms with Crippen molar-refractivity contribution in [1.82, 2.24) is 0 Å². The second-order valence-electron chi connectivity index (χ2n) is 21.1. The summed E-state index contributed by atoms with van der Waals surface area (Å²) >= 11 is 0. The van der Waals surface area contributed by atoms with Gasteiger partial charge in [0.25, 0.3) is 6.71 Å². The summed E-state index contributed by atoms with van der Waals surface area (Å²) in [6.07, 6.45) is 0. The van der Waals surface area contributed by atoms with E-state index in [-0.39, 0.29) is 12.1 Å². The second kappa shape index (κ2) is 17.8. The SMILES string of the molecule is CC(C)(C)c1cc2c3c(c1)N(c1c(-c4ccccc4)cccc1-c1ccccc1)c1cc(-c4c5ccccc5c(-c5ccccc5-c5ccccc5)c5ccccc45)ccc1B3c1cc(-c3ccccc3)ccc1O2. The highest BCUT2D eigenvalue weighted by atomic mass is 16.5. The summed E-state index contributed by atoms with van der Waals surface area (Å²) in [5, 5.41) is 4.88. The van der Waals surface area contributed by atoms with Gasteiger partial charge in [-0.1, -0.05) is 257 Å². The van der Waals surface area contributed by atoms with Crippen LogP contribution >= 0.6 is 0 Å². The van der Waals surface area contributed by atoms with Crippen LogP contribution in [0.3, 0.4) is 0 Å². The van der Waals surface area contributed by atoms with E-state index in [1.807, 2.05) is 0 Å². The maximum absolute atomic E-state index is 7.23. The standard InChI is InChI=1S/C72H52BNO/c1-72(2,3)53-45-65-70-67(46-53)75-66-42-40-51(47-23-8-4-9-24-47)43-63(66)73(70)62-41-39-52(44-64(62)74(65)71-55(49-27-12-6-13-28-49)37-22-38-56(71)50-29-14-7-15-30-50)68-58-33-18-20-35-60(58)69(61-36-21-19-34-59(61)68)57-32-17-16-31-54(57)48-25-10-5-11-26-48/h4-46H,1-3H3. The Hall–Kier alpha value is -9.18. The van der Waals surface area contributed by atoms with Crippen LogP contribution in [-0.2, 0) is 5.41 Å². The van der Waals surface area contributed by atoms with Gasteiger partial charge in [-0.2, -0.15) is 0 Å². The zero-order chi connectivity index (χ0) is 50.2. The minimum Gasteiger partial charge on any atom is -0.458 e. The quantitative estimate of drug-likeness (QED) is 0.117.